The second-order valence-electron chi connectivity index (χ2n) is 6.82. The van der Waals surface area contributed by atoms with E-state index in [0.29, 0.717) is 17.0 Å². The van der Waals surface area contributed by atoms with Gasteiger partial charge in [-0.15, -0.1) is 11.3 Å². The minimum absolute atomic E-state index is 0.0847. The molecule has 0 aliphatic rings. The number of ether oxygens (including phenoxy) is 2. The van der Waals surface area contributed by atoms with Gasteiger partial charge in [-0.1, -0.05) is 20.8 Å². The van der Waals surface area contributed by atoms with Crippen molar-refractivity contribution in [2.45, 2.75) is 45.9 Å². The Morgan fingerprint density at radius 3 is 2.31 bits per heavy atom. The largest absolute Gasteiger partial charge is 0.495 e. The SMILES string of the molecule is CCOC(=O)c1c(NC(=O)c2ccc(OC)c(S(=O)(=O)N(CC)CC)c2)sc(C)c1CC. The molecule has 0 fully saturated rings. The molecule has 10 heteroatoms. The molecule has 1 heterocycles. The van der Waals surface area contributed by atoms with Gasteiger partial charge in [-0.2, -0.15) is 4.31 Å². The van der Waals surface area contributed by atoms with Gasteiger partial charge in [0.2, 0.25) is 10.0 Å². The van der Waals surface area contributed by atoms with Gasteiger partial charge in [0.1, 0.15) is 15.6 Å². The van der Waals surface area contributed by atoms with Crippen molar-refractivity contribution in [2.75, 3.05) is 32.1 Å². The molecule has 0 spiro atoms. The summed E-state index contributed by atoms with van der Waals surface area (Å²) in [5.74, 6) is -0.873. The summed E-state index contributed by atoms with van der Waals surface area (Å²) < 4.78 is 37.8. The Morgan fingerprint density at radius 1 is 1.12 bits per heavy atom. The van der Waals surface area contributed by atoms with Crippen LogP contribution in [0.3, 0.4) is 0 Å². The van der Waals surface area contributed by atoms with Crippen molar-refractivity contribution in [2.24, 2.45) is 0 Å². The lowest BCUT2D eigenvalue weighted by Gasteiger charge is -2.20. The normalized spacial score (nSPS) is 11.5. The Bertz CT molecular complexity index is 1090. The molecule has 2 rings (SSSR count). The molecule has 0 atom stereocenters. The number of rotatable bonds is 10. The average Bonchev–Trinajstić information content (AvgIpc) is 3.08. The van der Waals surface area contributed by atoms with Crippen molar-refractivity contribution in [1.29, 1.82) is 0 Å². The van der Waals surface area contributed by atoms with E-state index in [-0.39, 0.29) is 35.9 Å². The number of amides is 1. The molecule has 8 nitrogen and oxygen atoms in total. The molecule has 0 bridgehead atoms. The summed E-state index contributed by atoms with van der Waals surface area (Å²) in [4.78, 5) is 26.4. The van der Waals surface area contributed by atoms with Crippen LogP contribution in [0.4, 0.5) is 5.00 Å². The molecule has 0 aliphatic heterocycles. The number of methoxy groups -OCH3 is 1. The fourth-order valence-electron chi connectivity index (χ4n) is 3.41. The lowest BCUT2D eigenvalue weighted by Crippen LogP contribution is -2.31. The average molecular weight is 483 g/mol. The van der Waals surface area contributed by atoms with E-state index in [0.717, 1.165) is 10.4 Å². The number of hydrogen-bond donors (Lipinski definition) is 1. The second kappa shape index (κ2) is 10.9. The molecule has 2 aromatic rings. The number of anilines is 1. The molecule has 1 aromatic heterocycles. The number of carbonyl (C=O) groups is 2. The van der Waals surface area contributed by atoms with Gasteiger partial charge in [-0.05, 0) is 44.0 Å². The Hall–Kier alpha value is -2.43. The zero-order chi connectivity index (χ0) is 24.1. The number of thiophene rings is 1. The molecule has 0 unspecified atom stereocenters. The van der Waals surface area contributed by atoms with Gasteiger partial charge < -0.3 is 14.8 Å². The maximum atomic E-state index is 13.1. The first-order valence-corrected chi connectivity index (χ1v) is 12.7. The standard InChI is InChI=1S/C22H30N2O6S2/c1-7-16-14(5)31-21(19(16)22(26)30-10-4)23-20(25)15-11-12-17(29-6)18(13-15)32(27,28)24(8-2)9-3/h11-13H,7-10H2,1-6H3,(H,23,25). The molecule has 0 aliphatic carbocycles. The number of sulfonamides is 1. The summed E-state index contributed by atoms with van der Waals surface area (Å²) in [6.45, 7) is 9.80. The lowest BCUT2D eigenvalue weighted by molar-refractivity contribution is 0.0527. The zero-order valence-electron chi connectivity index (χ0n) is 19.3. The number of benzene rings is 1. The van der Waals surface area contributed by atoms with Gasteiger partial charge in [0.15, 0.2) is 0 Å². The van der Waals surface area contributed by atoms with Gasteiger partial charge in [0.05, 0.1) is 19.3 Å². The summed E-state index contributed by atoms with van der Waals surface area (Å²) in [5, 5.41) is 3.15. The summed E-state index contributed by atoms with van der Waals surface area (Å²) in [6.07, 6.45) is 0.612. The van der Waals surface area contributed by atoms with Crippen LogP contribution in [-0.4, -0.2) is 51.4 Å². The molecular formula is C22H30N2O6S2. The summed E-state index contributed by atoms with van der Waals surface area (Å²) in [7, 11) is -2.47. The monoisotopic (exact) mass is 482 g/mol. The zero-order valence-corrected chi connectivity index (χ0v) is 20.9. The number of esters is 1. The van der Waals surface area contributed by atoms with Crippen molar-refractivity contribution in [1.82, 2.24) is 4.31 Å². The molecule has 176 valence electrons. The number of carbonyl (C=O) groups excluding carboxylic acids is 2. The van der Waals surface area contributed by atoms with Crippen molar-refractivity contribution < 1.29 is 27.5 Å². The predicted molar refractivity (Wildman–Crippen MR) is 125 cm³/mol. The van der Waals surface area contributed by atoms with Gasteiger partial charge in [0.25, 0.3) is 5.91 Å². The van der Waals surface area contributed by atoms with Crippen molar-refractivity contribution >= 4 is 38.2 Å². The molecule has 32 heavy (non-hydrogen) atoms. The summed E-state index contributed by atoms with van der Waals surface area (Å²) >= 11 is 1.29. The smallest absolute Gasteiger partial charge is 0.341 e. The molecule has 1 N–H and O–H groups in total. The van der Waals surface area contributed by atoms with Crippen LogP contribution in [-0.2, 0) is 21.2 Å². The van der Waals surface area contributed by atoms with Crippen molar-refractivity contribution in [3.63, 3.8) is 0 Å². The minimum atomic E-state index is -3.85. The molecule has 1 amide bonds. The molecule has 0 radical (unpaired) electrons. The van der Waals surface area contributed by atoms with E-state index in [1.807, 2.05) is 13.8 Å². The van der Waals surface area contributed by atoms with E-state index >= 15 is 0 Å². The Morgan fingerprint density at radius 2 is 1.78 bits per heavy atom. The fraction of sp³-hybridized carbons (Fsp3) is 0.455. The highest BCUT2D eigenvalue weighted by atomic mass is 32.2. The summed E-state index contributed by atoms with van der Waals surface area (Å²) in [6, 6.07) is 4.24. The highest BCUT2D eigenvalue weighted by Gasteiger charge is 2.28. The van der Waals surface area contributed by atoms with Crippen LogP contribution in [0.5, 0.6) is 5.75 Å². The first kappa shape index (κ1) is 25.8. The number of nitrogens with zero attached hydrogens (tertiary/aromatic N) is 1. The predicted octanol–water partition coefficient (Wildman–Crippen LogP) is 4.09. The molecular weight excluding hydrogens is 452 g/mol. The maximum absolute atomic E-state index is 13.1. The Kier molecular flexibility index (Phi) is 8.82. The van der Waals surface area contributed by atoms with Crippen LogP contribution < -0.4 is 10.1 Å². The maximum Gasteiger partial charge on any atom is 0.341 e. The van der Waals surface area contributed by atoms with E-state index in [4.69, 9.17) is 9.47 Å². The second-order valence-corrected chi connectivity index (χ2v) is 9.96. The minimum Gasteiger partial charge on any atom is -0.495 e. The first-order valence-electron chi connectivity index (χ1n) is 10.4. The van der Waals surface area contributed by atoms with Crippen LogP contribution in [0.15, 0.2) is 23.1 Å². The highest BCUT2D eigenvalue weighted by molar-refractivity contribution is 7.89. The van der Waals surface area contributed by atoms with Crippen LogP contribution in [0.2, 0.25) is 0 Å². The fourth-order valence-corrected chi connectivity index (χ4v) is 6.18. The van der Waals surface area contributed by atoms with Gasteiger partial charge in [0, 0.05) is 23.5 Å². The van der Waals surface area contributed by atoms with E-state index in [1.165, 1.54) is 41.0 Å². The van der Waals surface area contributed by atoms with Gasteiger partial charge in [-0.25, -0.2) is 13.2 Å². The van der Waals surface area contributed by atoms with Crippen LogP contribution in [0, 0.1) is 6.92 Å². The third kappa shape index (κ3) is 5.13. The van der Waals surface area contributed by atoms with Gasteiger partial charge in [-0.3, -0.25) is 4.79 Å². The quantitative estimate of drug-likeness (QED) is 0.512. The van der Waals surface area contributed by atoms with Crippen LogP contribution >= 0.6 is 11.3 Å². The molecule has 0 saturated heterocycles. The number of nitrogens with one attached hydrogen (secondary N) is 1. The third-order valence-corrected chi connectivity index (χ3v) is 8.15. The van der Waals surface area contributed by atoms with Gasteiger partial charge >= 0.3 is 5.97 Å². The first-order chi connectivity index (χ1) is 15.2. The highest BCUT2D eigenvalue weighted by Crippen LogP contribution is 2.35. The number of hydrogen-bond acceptors (Lipinski definition) is 7. The van der Waals surface area contributed by atoms with Crippen molar-refractivity contribution in [3.05, 3.63) is 39.8 Å². The lowest BCUT2D eigenvalue weighted by atomic mass is 10.1. The van der Waals surface area contributed by atoms with E-state index < -0.39 is 21.9 Å². The summed E-state index contributed by atoms with van der Waals surface area (Å²) in [5.41, 5.74) is 1.30. The van der Waals surface area contributed by atoms with Crippen LogP contribution in [0.1, 0.15) is 58.9 Å². The molecule has 1 aromatic carbocycles. The van der Waals surface area contributed by atoms with Crippen LogP contribution in [0.25, 0.3) is 0 Å². The van der Waals surface area contributed by atoms with E-state index in [9.17, 15) is 18.0 Å². The van der Waals surface area contributed by atoms with E-state index in [2.05, 4.69) is 5.32 Å². The third-order valence-electron chi connectivity index (χ3n) is 5.02. The molecule has 0 saturated carbocycles. The van der Waals surface area contributed by atoms with E-state index in [1.54, 1.807) is 20.8 Å². The number of aryl methyl sites for hydroxylation is 1. The van der Waals surface area contributed by atoms with Crippen molar-refractivity contribution in [3.8, 4) is 5.75 Å². The topological polar surface area (TPSA) is 102 Å². The Labute approximate surface area is 193 Å². The Balaban J connectivity index is 2.49.